The summed E-state index contributed by atoms with van der Waals surface area (Å²) >= 11 is 0. The van der Waals surface area contributed by atoms with E-state index in [1.807, 2.05) is 10.9 Å². The van der Waals surface area contributed by atoms with Crippen molar-refractivity contribution in [2.24, 2.45) is 11.8 Å². The molecule has 4 atom stereocenters. The molecule has 1 saturated carbocycles. The first-order chi connectivity index (χ1) is 8.61. The predicted octanol–water partition coefficient (Wildman–Crippen LogP) is 3.19. The molecule has 0 bridgehead atoms. The summed E-state index contributed by atoms with van der Waals surface area (Å²) in [5.74, 6) is 1.13. The minimum Gasteiger partial charge on any atom is -0.392 e. The molecular formula is C15H26N2O. The van der Waals surface area contributed by atoms with Crippen molar-refractivity contribution in [3.05, 3.63) is 18.0 Å². The number of hydrogen-bond donors (Lipinski definition) is 1. The SMILES string of the molecule is CCC(C)n1ccc(CC(O)C2CCCC2C)n1. The van der Waals surface area contributed by atoms with Crippen LogP contribution in [0.2, 0.25) is 0 Å². The van der Waals surface area contributed by atoms with E-state index >= 15 is 0 Å². The summed E-state index contributed by atoms with van der Waals surface area (Å²) in [7, 11) is 0. The van der Waals surface area contributed by atoms with Crippen LogP contribution in [0.5, 0.6) is 0 Å². The Bertz CT molecular complexity index is 374. The van der Waals surface area contributed by atoms with E-state index in [2.05, 4.69) is 31.9 Å². The van der Waals surface area contributed by atoms with Crippen LogP contribution in [0.15, 0.2) is 12.3 Å². The molecular weight excluding hydrogens is 224 g/mol. The van der Waals surface area contributed by atoms with E-state index in [9.17, 15) is 5.11 Å². The molecule has 3 nitrogen and oxygen atoms in total. The highest BCUT2D eigenvalue weighted by atomic mass is 16.3. The summed E-state index contributed by atoms with van der Waals surface area (Å²) in [6, 6.07) is 2.50. The number of aliphatic hydroxyl groups is 1. The molecule has 2 rings (SSSR count). The molecule has 4 unspecified atom stereocenters. The summed E-state index contributed by atoms with van der Waals surface area (Å²) in [5.41, 5.74) is 1.03. The predicted molar refractivity (Wildman–Crippen MR) is 73.4 cm³/mol. The van der Waals surface area contributed by atoms with Crippen LogP contribution in [-0.2, 0) is 6.42 Å². The van der Waals surface area contributed by atoms with Gasteiger partial charge >= 0.3 is 0 Å². The van der Waals surface area contributed by atoms with Crippen molar-refractivity contribution in [2.75, 3.05) is 0 Å². The molecule has 1 aromatic rings. The van der Waals surface area contributed by atoms with Crippen LogP contribution in [0.25, 0.3) is 0 Å². The lowest BCUT2D eigenvalue weighted by Crippen LogP contribution is -2.25. The van der Waals surface area contributed by atoms with Crippen molar-refractivity contribution in [1.82, 2.24) is 9.78 Å². The van der Waals surface area contributed by atoms with Gasteiger partial charge in [-0.05, 0) is 37.7 Å². The maximum absolute atomic E-state index is 10.3. The molecule has 0 amide bonds. The van der Waals surface area contributed by atoms with Gasteiger partial charge in [-0.25, -0.2) is 0 Å². The fourth-order valence-corrected chi connectivity index (χ4v) is 3.03. The largest absolute Gasteiger partial charge is 0.392 e. The van der Waals surface area contributed by atoms with Gasteiger partial charge in [0.25, 0.3) is 0 Å². The standard InChI is InChI=1S/C15H26N2O/c1-4-12(3)17-9-8-13(16-17)10-15(18)14-7-5-6-11(14)2/h8-9,11-12,14-15,18H,4-7,10H2,1-3H3. The Hall–Kier alpha value is -0.830. The number of rotatable bonds is 5. The summed E-state index contributed by atoms with van der Waals surface area (Å²) in [6.07, 6.45) is 7.32. The molecule has 1 aliphatic rings. The number of nitrogens with zero attached hydrogens (tertiary/aromatic N) is 2. The highest BCUT2D eigenvalue weighted by Gasteiger charge is 2.30. The number of hydrogen-bond acceptors (Lipinski definition) is 2. The van der Waals surface area contributed by atoms with E-state index in [-0.39, 0.29) is 6.10 Å². The monoisotopic (exact) mass is 250 g/mol. The molecule has 1 aromatic heterocycles. The van der Waals surface area contributed by atoms with Gasteiger partial charge < -0.3 is 5.11 Å². The fourth-order valence-electron chi connectivity index (χ4n) is 3.03. The van der Waals surface area contributed by atoms with E-state index in [1.54, 1.807) is 0 Å². The third-order valence-corrected chi connectivity index (χ3v) is 4.55. The Morgan fingerprint density at radius 1 is 1.50 bits per heavy atom. The molecule has 1 aliphatic carbocycles. The van der Waals surface area contributed by atoms with E-state index in [0.29, 0.717) is 24.3 Å². The average molecular weight is 250 g/mol. The second kappa shape index (κ2) is 5.87. The van der Waals surface area contributed by atoms with Crippen molar-refractivity contribution in [2.45, 2.75) is 65.0 Å². The molecule has 18 heavy (non-hydrogen) atoms. The van der Waals surface area contributed by atoms with Gasteiger partial charge in [0.05, 0.1) is 11.8 Å². The Labute approximate surface area is 110 Å². The average Bonchev–Trinajstić information content (AvgIpc) is 2.97. The van der Waals surface area contributed by atoms with Gasteiger partial charge in [0.2, 0.25) is 0 Å². The quantitative estimate of drug-likeness (QED) is 0.871. The van der Waals surface area contributed by atoms with Crippen LogP contribution in [0.3, 0.4) is 0 Å². The second-order valence-corrected chi connectivity index (χ2v) is 5.89. The van der Waals surface area contributed by atoms with Crippen LogP contribution < -0.4 is 0 Å². The topological polar surface area (TPSA) is 38.0 Å². The number of aliphatic hydroxyl groups excluding tert-OH is 1. The first-order valence-corrected chi connectivity index (χ1v) is 7.34. The molecule has 1 fully saturated rings. The van der Waals surface area contributed by atoms with E-state index in [1.165, 1.54) is 19.3 Å². The maximum Gasteiger partial charge on any atom is 0.0650 e. The molecule has 0 radical (unpaired) electrons. The van der Waals surface area contributed by atoms with Crippen molar-refractivity contribution >= 4 is 0 Å². The molecule has 0 saturated heterocycles. The smallest absolute Gasteiger partial charge is 0.0650 e. The number of aromatic nitrogens is 2. The zero-order valence-electron chi connectivity index (χ0n) is 11.8. The highest BCUT2D eigenvalue weighted by Crippen LogP contribution is 2.34. The molecule has 1 N–H and O–H groups in total. The van der Waals surface area contributed by atoms with E-state index < -0.39 is 0 Å². The third kappa shape index (κ3) is 2.94. The Kier molecular flexibility index (Phi) is 4.44. The molecule has 0 aromatic carbocycles. The van der Waals surface area contributed by atoms with Crippen molar-refractivity contribution in [3.63, 3.8) is 0 Å². The van der Waals surface area contributed by atoms with Crippen LogP contribution in [-0.4, -0.2) is 21.0 Å². The van der Waals surface area contributed by atoms with Crippen LogP contribution in [0.1, 0.15) is 58.2 Å². The highest BCUT2D eigenvalue weighted by molar-refractivity contribution is 5.02. The second-order valence-electron chi connectivity index (χ2n) is 5.89. The summed E-state index contributed by atoms with van der Waals surface area (Å²) in [4.78, 5) is 0. The van der Waals surface area contributed by atoms with Gasteiger partial charge in [-0.3, -0.25) is 4.68 Å². The molecule has 0 spiro atoms. The van der Waals surface area contributed by atoms with Gasteiger partial charge in [0.1, 0.15) is 0 Å². The maximum atomic E-state index is 10.3. The van der Waals surface area contributed by atoms with Crippen molar-refractivity contribution < 1.29 is 5.11 Å². The molecule has 1 heterocycles. The molecule has 102 valence electrons. The summed E-state index contributed by atoms with van der Waals surface area (Å²) in [6.45, 7) is 6.60. The molecule has 3 heteroatoms. The van der Waals surface area contributed by atoms with Gasteiger partial charge in [0.15, 0.2) is 0 Å². The van der Waals surface area contributed by atoms with Gasteiger partial charge in [-0.15, -0.1) is 0 Å². The Balaban J connectivity index is 1.94. The fraction of sp³-hybridized carbons (Fsp3) is 0.800. The lowest BCUT2D eigenvalue weighted by molar-refractivity contribution is 0.0891. The van der Waals surface area contributed by atoms with Gasteiger partial charge in [0, 0.05) is 18.7 Å². The lowest BCUT2D eigenvalue weighted by Gasteiger charge is -2.21. The molecule has 0 aliphatic heterocycles. The first kappa shape index (κ1) is 13.6. The first-order valence-electron chi connectivity index (χ1n) is 7.34. The minimum atomic E-state index is -0.220. The summed E-state index contributed by atoms with van der Waals surface area (Å²) < 4.78 is 2.01. The Morgan fingerprint density at radius 2 is 2.28 bits per heavy atom. The van der Waals surface area contributed by atoms with Crippen LogP contribution in [0.4, 0.5) is 0 Å². The Morgan fingerprint density at radius 3 is 2.89 bits per heavy atom. The zero-order valence-corrected chi connectivity index (χ0v) is 11.8. The lowest BCUT2D eigenvalue weighted by atomic mass is 9.90. The van der Waals surface area contributed by atoms with Gasteiger partial charge in [-0.2, -0.15) is 5.10 Å². The summed E-state index contributed by atoms with van der Waals surface area (Å²) in [5, 5.41) is 14.9. The van der Waals surface area contributed by atoms with E-state index in [0.717, 1.165) is 12.1 Å². The van der Waals surface area contributed by atoms with Crippen molar-refractivity contribution in [1.29, 1.82) is 0 Å². The third-order valence-electron chi connectivity index (χ3n) is 4.55. The van der Waals surface area contributed by atoms with Crippen molar-refractivity contribution in [3.8, 4) is 0 Å². The zero-order chi connectivity index (χ0) is 13.1. The van der Waals surface area contributed by atoms with Crippen LogP contribution in [0, 0.1) is 11.8 Å². The minimum absolute atomic E-state index is 0.220. The normalized spacial score (nSPS) is 27.3. The van der Waals surface area contributed by atoms with E-state index in [4.69, 9.17) is 0 Å². The van der Waals surface area contributed by atoms with Crippen LogP contribution >= 0.6 is 0 Å². The van der Waals surface area contributed by atoms with Gasteiger partial charge in [-0.1, -0.05) is 26.7 Å².